The number of carbonyl (C=O) groups excluding carboxylic acids is 4. The van der Waals surface area contributed by atoms with Gasteiger partial charge in [0.1, 0.15) is 30.3 Å². The lowest BCUT2D eigenvalue weighted by atomic mass is 10.1. The number of aliphatic imine (C=N–C) groups is 1. The second-order valence-corrected chi connectivity index (χ2v) is 10.6. The number of nitrogens with two attached hydrogens (primary N) is 2. The normalized spacial score (nSPS) is 16.2. The van der Waals surface area contributed by atoms with Crippen molar-refractivity contribution in [1.82, 2.24) is 15.5 Å². The minimum atomic E-state index is -1.38. The van der Waals surface area contributed by atoms with Gasteiger partial charge in [-0.2, -0.15) is 0 Å². The molecular formula is C27H40N6O8. The number of hydrogen-bond acceptors (Lipinski definition) is 8. The lowest BCUT2D eigenvalue weighted by Crippen LogP contribution is -2.56. The second kappa shape index (κ2) is 15.4. The fraction of sp³-hybridized carbons (Fsp3) is 0.556. The van der Waals surface area contributed by atoms with Crippen LogP contribution in [0.2, 0.25) is 0 Å². The smallest absolute Gasteiger partial charge is 0.408 e. The first kappa shape index (κ1) is 32.8. The number of amides is 3. The monoisotopic (exact) mass is 576 g/mol. The minimum Gasteiger partial charge on any atom is -0.480 e. The van der Waals surface area contributed by atoms with Gasteiger partial charge >= 0.3 is 18.0 Å². The van der Waals surface area contributed by atoms with Crippen LogP contribution in [0.4, 0.5) is 4.79 Å². The standard InChI is InChI=1S/C27H40N6O8/c1-27(2,3)41-26(39)32-19(15-21(34)40-16-17-9-5-4-6-10-17)23(36)33-14-8-12-20(33)22(35)31-18(24(37)38)11-7-13-30-25(28)29/h4-6,9-10,18-20H,7-8,11-16H2,1-3H3,(H,31,35)(H,32,39)(H,37,38)(H4,28,29,30)/t18-,19+,20+/m0/s1. The molecule has 41 heavy (non-hydrogen) atoms. The van der Waals surface area contributed by atoms with Crippen LogP contribution in [0, 0.1) is 0 Å². The SMILES string of the molecule is CC(C)(C)OC(=O)N[C@H](CC(=O)OCc1ccccc1)C(=O)N1CCC[C@@H]1C(=O)N[C@@H](CCCN=C(N)N)C(=O)O. The Labute approximate surface area is 238 Å². The number of nitrogens with zero attached hydrogens (tertiary/aromatic N) is 2. The van der Waals surface area contributed by atoms with Crippen LogP contribution in [0.5, 0.6) is 0 Å². The number of alkyl carbamates (subject to hydrolysis) is 1. The number of guanidine groups is 1. The van der Waals surface area contributed by atoms with E-state index >= 15 is 0 Å². The van der Waals surface area contributed by atoms with E-state index in [1.807, 2.05) is 6.07 Å². The molecule has 1 saturated heterocycles. The molecule has 1 fully saturated rings. The molecule has 226 valence electrons. The number of aliphatic carboxylic acids is 1. The van der Waals surface area contributed by atoms with Crippen molar-refractivity contribution in [3.05, 3.63) is 35.9 Å². The summed E-state index contributed by atoms with van der Waals surface area (Å²) in [6.45, 7) is 5.28. The second-order valence-electron chi connectivity index (χ2n) is 10.6. The summed E-state index contributed by atoms with van der Waals surface area (Å²) in [4.78, 5) is 68.6. The number of carboxylic acids is 1. The van der Waals surface area contributed by atoms with Gasteiger partial charge in [-0.1, -0.05) is 30.3 Å². The van der Waals surface area contributed by atoms with Crippen LogP contribution >= 0.6 is 0 Å². The molecule has 14 nitrogen and oxygen atoms in total. The van der Waals surface area contributed by atoms with Gasteiger partial charge in [0.05, 0.1) is 6.42 Å². The number of carbonyl (C=O) groups is 5. The molecule has 1 aromatic carbocycles. The van der Waals surface area contributed by atoms with Gasteiger partial charge in [0.2, 0.25) is 11.8 Å². The third-order valence-electron chi connectivity index (χ3n) is 6.00. The van der Waals surface area contributed by atoms with Crippen LogP contribution in [-0.4, -0.2) is 82.6 Å². The van der Waals surface area contributed by atoms with E-state index in [-0.39, 0.29) is 38.5 Å². The van der Waals surface area contributed by atoms with E-state index in [1.165, 1.54) is 4.90 Å². The van der Waals surface area contributed by atoms with E-state index in [0.29, 0.717) is 12.8 Å². The fourth-order valence-corrected chi connectivity index (χ4v) is 4.15. The Hall–Kier alpha value is -4.36. The molecule has 7 N–H and O–H groups in total. The van der Waals surface area contributed by atoms with Crippen LogP contribution in [-0.2, 0) is 35.3 Å². The molecule has 0 spiro atoms. The van der Waals surface area contributed by atoms with Crippen molar-refractivity contribution in [2.45, 2.75) is 83.2 Å². The maximum Gasteiger partial charge on any atom is 0.408 e. The highest BCUT2D eigenvalue weighted by Gasteiger charge is 2.40. The van der Waals surface area contributed by atoms with E-state index in [0.717, 1.165) is 5.56 Å². The van der Waals surface area contributed by atoms with Crippen molar-refractivity contribution < 1.29 is 38.6 Å². The van der Waals surface area contributed by atoms with E-state index in [9.17, 15) is 29.1 Å². The third kappa shape index (κ3) is 11.7. The van der Waals surface area contributed by atoms with E-state index in [2.05, 4.69) is 15.6 Å². The maximum atomic E-state index is 13.6. The lowest BCUT2D eigenvalue weighted by molar-refractivity contribution is -0.149. The number of hydrogen-bond donors (Lipinski definition) is 5. The Morgan fingerprint density at radius 3 is 2.39 bits per heavy atom. The van der Waals surface area contributed by atoms with Gasteiger partial charge in [-0.25, -0.2) is 9.59 Å². The molecule has 14 heteroatoms. The van der Waals surface area contributed by atoms with Gasteiger partial charge in [-0.15, -0.1) is 0 Å². The quantitative estimate of drug-likeness (QED) is 0.0955. The lowest BCUT2D eigenvalue weighted by Gasteiger charge is -2.29. The number of rotatable bonds is 13. The zero-order valence-electron chi connectivity index (χ0n) is 23.6. The molecule has 1 aromatic rings. The average molecular weight is 577 g/mol. The van der Waals surface area contributed by atoms with E-state index < -0.39 is 60.0 Å². The van der Waals surface area contributed by atoms with Gasteiger partial charge in [-0.3, -0.25) is 19.4 Å². The minimum absolute atomic E-state index is 0.0263. The van der Waals surface area contributed by atoms with Crippen molar-refractivity contribution in [2.75, 3.05) is 13.1 Å². The molecule has 0 aliphatic carbocycles. The molecule has 1 heterocycles. The zero-order valence-corrected chi connectivity index (χ0v) is 23.6. The average Bonchev–Trinajstić information content (AvgIpc) is 3.38. The van der Waals surface area contributed by atoms with Crippen molar-refractivity contribution in [3.8, 4) is 0 Å². The summed E-state index contributed by atoms with van der Waals surface area (Å²) in [5, 5.41) is 14.5. The largest absolute Gasteiger partial charge is 0.480 e. The first-order valence-electron chi connectivity index (χ1n) is 13.3. The Balaban J connectivity index is 2.12. The van der Waals surface area contributed by atoms with E-state index in [4.69, 9.17) is 20.9 Å². The number of ether oxygens (including phenoxy) is 2. The van der Waals surface area contributed by atoms with Crippen LogP contribution in [0.3, 0.4) is 0 Å². The van der Waals surface area contributed by atoms with Gasteiger partial charge in [0.25, 0.3) is 0 Å². The number of likely N-dealkylation sites (tertiary alicyclic amines) is 1. The third-order valence-corrected chi connectivity index (χ3v) is 6.00. The Kier molecular flexibility index (Phi) is 12.4. The highest BCUT2D eigenvalue weighted by molar-refractivity contribution is 5.95. The maximum absolute atomic E-state index is 13.6. The zero-order chi connectivity index (χ0) is 30.6. The molecule has 0 radical (unpaired) electrons. The summed E-state index contributed by atoms with van der Waals surface area (Å²) in [7, 11) is 0. The van der Waals surface area contributed by atoms with Gasteiger partial charge in [0.15, 0.2) is 5.96 Å². The number of carboxylic acid groups (broad SMARTS) is 1. The molecule has 0 saturated carbocycles. The van der Waals surface area contributed by atoms with E-state index in [1.54, 1.807) is 45.0 Å². The number of esters is 1. The highest BCUT2D eigenvalue weighted by atomic mass is 16.6. The molecule has 3 amide bonds. The first-order chi connectivity index (χ1) is 19.3. The summed E-state index contributed by atoms with van der Waals surface area (Å²) in [5.74, 6) is -3.46. The van der Waals surface area contributed by atoms with Gasteiger partial charge in [0, 0.05) is 13.1 Å². The van der Waals surface area contributed by atoms with Crippen molar-refractivity contribution in [2.24, 2.45) is 16.5 Å². The van der Waals surface area contributed by atoms with Gasteiger partial charge in [-0.05, 0) is 52.0 Å². The summed E-state index contributed by atoms with van der Waals surface area (Å²) in [5.41, 5.74) is 10.4. The molecule has 0 aromatic heterocycles. The summed E-state index contributed by atoms with van der Waals surface area (Å²) < 4.78 is 10.6. The molecule has 0 unspecified atom stereocenters. The van der Waals surface area contributed by atoms with Crippen LogP contribution in [0.1, 0.15) is 58.4 Å². The molecular weight excluding hydrogens is 536 g/mol. The number of benzene rings is 1. The number of nitrogens with one attached hydrogen (secondary N) is 2. The Morgan fingerprint density at radius 1 is 1.10 bits per heavy atom. The van der Waals surface area contributed by atoms with Crippen molar-refractivity contribution in [3.63, 3.8) is 0 Å². The van der Waals surface area contributed by atoms with Crippen LogP contribution in [0.15, 0.2) is 35.3 Å². The molecule has 1 aliphatic heterocycles. The first-order valence-corrected chi connectivity index (χ1v) is 13.3. The van der Waals surface area contributed by atoms with Crippen LogP contribution in [0.25, 0.3) is 0 Å². The molecule has 2 rings (SSSR count). The predicted octanol–water partition coefficient (Wildman–Crippen LogP) is 0.627. The predicted molar refractivity (Wildman–Crippen MR) is 148 cm³/mol. The van der Waals surface area contributed by atoms with Crippen molar-refractivity contribution in [1.29, 1.82) is 0 Å². The molecule has 3 atom stereocenters. The molecule has 0 bridgehead atoms. The molecule has 1 aliphatic rings. The Bertz CT molecular complexity index is 1100. The summed E-state index contributed by atoms with van der Waals surface area (Å²) in [6, 6.07) is 5.34. The fourth-order valence-electron chi connectivity index (χ4n) is 4.15. The van der Waals surface area contributed by atoms with Crippen LogP contribution < -0.4 is 22.1 Å². The highest BCUT2D eigenvalue weighted by Crippen LogP contribution is 2.20. The van der Waals surface area contributed by atoms with Crippen molar-refractivity contribution >= 4 is 35.8 Å². The summed E-state index contributed by atoms with van der Waals surface area (Å²) >= 11 is 0. The Morgan fingerprint density at radius 2 is 1.78 bits per heavy atom. The summed E-state index contributed by atoms with van der Waals surface area (Å²) in [6.07, 6.45) is -0.319. The van der Waals surface area contributed by atoms with Gasteiger partial charge < -0.3 is 41.6 Å². The topological polar surface area (TPSA) is 216 Å².